The van der Waals surface area contributed by atoms with E-state index in [0.29, 0.717) is 6.54 Å². The monoisotopic (exact) mass is 264 g/mol. The summed E-state index contributed by atoms with van der Waals surface area (Å²) in [5.74, 6) is -2.90. The number of esters is 1. The molecule has 0 saturated carbocycles. The minimum atomic E-state index is -4.53. The topological polar surface area (TPSA) is 53.3 Å². The van der Waals surface area contributed by atoms with Gasteiger partial charge in [-0.2, -0.15) is 18.4 Å². The minimum Gasteiger partial charge on any atom is -0.469 e. The fourth-order valence-corrected chi connectivity index (χ4v) is 2.15. The Hall–Kier alpha value is -1.29. The Morgan fingerprint density at radius 3 is 2.61 bits per heavy atom. The summed E-state index contributed by atoms with van der Waals surface area (Å²) >= 11 is 0. The molecule has 0 amide bonds. The first-order valence-corrected chi connectivity index (χ1v) is 5.56. The number of rotatable bonds is 3. The summed E-state index contributed by atoms with van der Waals surface area (Å²) in [7, 11) is 1.26. The number of nitrogens with zero attached hydrogens (tertiary/aromatic N) is 2. The number of hydrogen-bond donors (Lipinski definition) is 0. The van der Waals surface area contributed by atoms with Crippen LogP contribution in [-0.4, -0.2) is 43.8 Å². The molecule has 4 nitrogen and oxygen atoms in total. The van der Waals surface area contributed by atoms with Crippen molar-refractivity contribution in [2.24, 2.45) is 17.8 Å². The van der Waals surface area contributed by atoms with Crippen LogP contribution in [0.3, 0.4) is 0 Å². The number of ether oxygens (including phenoxy) is 1. The SMILES string of the molecule is COC(=O)C1CN(CC(C#N)C(F)(F)F)CC1C. The van der Waals surface area contributed by atoms with Crippen LogP contribution in [0, 0.1) is 29.1 Å². The molecular formula is C11H15F3N2O2. The van der Waals surface area contributed by atoms with Gasteiger partial charge in [0.25, 0.3) is 0 Å². The summed E-state index contributed by atoms with van der Waals surface area (Å²) in [5.41, 5.74) is 0. The third-order valence-corrected chi connectivity index (χ3v) is 3.18. The summed E-state index contributed by atoms with van der Waals surface area (Å²) in [6, 6.07) is 1.26. The van der Waals surface area contributed by atoms with Crippen LogP contribution in [0.25, 0.3) is 0 Å². The number of methoxy groups -OCH3 is 1. The molecule has 102 valence electrons. The van der Waals surface area contributed by atoms with E-state index in [9.17, 15) is 18.0 Å². The van der Waals surface area contributed by atoms with E-state index in [4.69, 9.17) is 5.26 Å². The summed E-state index contributed by atoms with van der Waals surface area (Å²) in [6.07, 6.45) is -4.53. The number of carbonyl (C=O) groups is 1. The van der Waals surface area contributed by atoms with Crippen molar-refractivity contribution in [3.05, 3.63) is 0 Å². The molecule has 0 aromatic rings. The molecule has 0 bridgehead atoms. The maximum Gasteiger partial charge on any atom is 0.405 e. The lowest BCUT2D eigenvalue weighted by Gasteiger charge is -2.20. The Bertz CT molecular complexity index is 351. The Morgan fingerprint density at radius 2 is 2.17 bits per heavy atom. The van der Waals surface area contributed by atoms with E-state index < -0.39 is 30.5 Å². The summed E-state index contributed by atoms with van der Waals surface area (Å²) in [6.45, 7) is 1.98. The average molecular weight is 264 g/mol. The predicted octanol–water partition coefficient (Wildman–Crippen LogP) is 1.43. The highest BCUT2D eigenvalue weighted by atomic mass is 19.4. The second-order valence-electron chi connectivity index (χ2n) is 4.55. The van der Waals surface area contributed by atoms with Crippen LogP contribution in [0.5, 0.6) is 0 Å². The first kappa shape index (κ1) is 14.8. The fraction of sp³-hybridized carbons (Fsp3) is 0.818. The van der Waals surface area contributed by atoms with Gasteiger partial charge in [0.2, 0.25) is 0 Å². The molecule has 0 radical (unpaired) electrons. The molecule has 0 aromatic heterocycles. The second-order valence-corrected chi connectivity index (χ2v) is 4.55. The van der Waals surface area contributed by atoms with Crippen LogP contribution in [0.4, 0.5) is 13.2 Å². The van der Waals surface area contributed by atoms with Crippen molar-refractivity contribution in [3.63, 3.8) is 0 Å². The van der Waals surface area contributed by atoms with Gasteiger partial charge in [-0.25, -0.2) is 0 Å². The average Bonchev–Trinajstić information content (AvgIpc) is 2.64. The third kappa shape index (κ3) is 3.35. The Labute approximate surface area is 103 Å². The van der Waals surface area contributed by atoms with Crippen LogP contribution in [0.1, 0.15) is 6.92 Å². The molecule has 3 unspecified atom stereocenters. The van der Waals surface area contributed by atoms with Crippen molar-refractivity contribution < 1.29 is 22.7 Å². The zero-order valence-corrected chi connectivity index (χ0v) is 10.2. The fourth-order valence-electron chi connectivity index (χ4n) is 2.15. The van der Waals surface area contributed by atoms with E-state index >= 15 is 0 Å². The van der Waals surface area contributed by atoms with E-state index in [1.807, 2.05) is 0 Å². The van der Waals surface area contributed by atoms with Gasteiger partial charge in [-0.05, 0) is 5.92 Å². The molecule has 0 aromatic carbocycles. The van der Waals surface area contributed by atoms with Crippen LogP contribution in [0.2, 0.25) is 0 Å². The van der Waals surface area contributed by atoms with E-state index in [2.05, 4.69) is 4.74 Å². The van der Waals surface area contributed by atoms with Gasteiger partial charge in [0.05, 0.1) is 19.1 Å². The van der Waals surface area contributed by atoms with Gasteiger partial charge in [-0.15, -0.1) is 0 Å². The van der Waals surface area contributed by atoms with Crippen LogP contribution in [0.15, 0.2) is 0 Å². The largest absolute Gasteiger partial charge is 0.469 e. The van der Waals surface area contributed by atoms with Gasteiger partial charge in [0, 0.05) is 19.6 Å². The smallest absolute Gasteiger partial charge is 0.405 e. The van der Waals surface area contributed by atoms with Gasteiger partial charge in [-0.1, -0.05) is 6.92 Å². The maximum atomic E-state index is 12.5. The second kappa shape index (κ2) is 5.57. The summed E-state index contributed by atoms with van der Waals surface area (Å²) < 4.78 is 42.0. The first-order valence-electron chi connectivity index (χ1n) is 5.56. The maximum absolute atomic E-state index is 12.5. The molecule has 0 N–H and O–H groups in total. The van der Waals surface area contributed by atoms with E-state index in [-0.39, 0.29) is 12.5 Å². The molecule has 0 aliphatic carbocycles. The number of likely N-dealkylation sites (tertiary alicyclic amines) is 1. The highest BCUT2D eigenvalue weighted by Crippen LogP contribution is 2.30. The molecule has 1 rings (SSSR count). The van der Waals surface area contributed by atoms with Crippen molar-refractivity contribution in [1.82, 2.24) is 4.90 Å². The Balaban J connectivity index is 2.62. The van der Waals surface area contributed by atoms with Gasteiger partial charge < -0.3 is 9.64 Å². The highest BCUT2D eigenvalue weighted by molar-refractivity contribution is 5.73. The van der Waals surface area contributed by atoms with Crippen LogP contribution >= 0.6 is 0 Å². The molecule has 0 spiro atoms. The number of halogens is 3. The van der Waals surface area contributed by atoms with Crippen molar-refractivity contribution in [2.45, 2.75) is 13.1 Å². The Kier molecular flexibility index (Phi) is 4.57. The molecule has 3 atom stereocenters. The highest BCUT2D eigenvalue weighted by Gasteiger charge is 2.43. The molecule has 1 heterocycles. The Morgan fingerprint density at radius 1 is 1.56 bits per heavy atom. The standard InChI is InChI=1S/C11H15F3N2O2/c1-7-4-16(6-9(7)10(17)18-2)5-8(3-15)11(12,13)14/h7-9H,4-6H2,1-2H3. The molecule has 7 heteroatoms. The van der Waals surface area contributed by atoms with Crippen molar-refractivity contribution >= 4 is 5.97 Å². The lowest BCUT2D eigenvalue weighted by Crippen LogP contribution is -2.35. The summed E-state index contributed by atoms with van der Waals surface area (Å²) in [5, 5.41) is 8.52. The van der Waals surface area contributed by atoms with E-state index in [0.717, 1.165) is 0 Å². The molecule has 1 aliphatic heterocycles. The van der Waals surface area contributed by atoms with Crippen molar-refractivity contribution in [2.75, 3.05) is 26.7 Å². The molecule has 1 fully saturated rings. The van der Waals surface area contributed by atoms with Gasteiger partial charge in [-0.3, -0.25) is 4.79 Å². The molecule has 18 heavy (non-hydrogen) atoms. The lowest BCUT2D eigenvalue weighted by molar-refractivity contribution is -0.162. The normalized spacial score (nSPS) is 26.7. The molecule has 1 saturated heterocycles. The van der Waals surface area contributed by atoms with Gasteiger partial charge in [0.1, 0.15) is 0 Å². The number of alkyl halides is 3. The number of nitriles is 1. The lowest BCUT2D eigenvalue weighted by atomic mass is 9.99. The third-order valence-electron chi connectivity index (χ3n) is 3.18. The van der Waals surface area contributed by atoms with E-state index in [1.54, 1.807) is 6.92 Å². The first-order chi connectivity index (χ1) is 8.29. The van der Waals surface area contributed by atoms with Crippen LogP contribution < -0.4 is 0 Å². The van der Waals surface area contributed by atoms with Gasteiger partial charge >= 0.3 is 12.1 Å². The summed E-state index contributed by atoms with van der Waals surface area (Å²) in [4.78, 5) is 12.9. The molecule has 1 aliphatic rings. The van der Waals surface area contributed by atoms with Gasteiger partial charge in [0.15, 0.2) is 5.92 Å². The quantitative estimate of drug-likeness (QED) is 0.724. The van der Waals surface area contributed by atoms with E-state index in [1.165, 1.54) is 18.1 Å². The minimum absolute atomic E-state index is 0.0648. The van der Waals surface area contributed by atoms with Crippen molar-refractivity contribution in [1.29, 1.82) is 5.26 Å². The van der Waals surface area contributed by atoms with Crippen molar-refractivity contribution in [3.8, 4) is 6.07 Å². The zero-order chi connectivity index (χ0) is 13.9. The predicted molar refractivity (Wildman–Crippen MR) is 56.3 cm³/mol. The molecular weight excluding hydrogens is 249 g/mol. The van der Waals surface area contributed by atoms with Crippen LogP contribution in [-0.2, 0) is 9.53 Å². The zero-order valence-electron chi connectivity index (χ0n) is 10.2. The number of carbonyl (C=O) groups excluding carboxylic acids is 1. The number of hydrogen-bond acceptors (Lipinski definition) is 4.